The highest BCUT2D eigenvalue weighted by molar-refractivity contribution is 5.80. The van der Waals surface area contributed by atoms with Crippen LogP contribution in [0.5, 0.6) is 0 Å². The molecule has 146 valence electrons. The summed E-state index contributed by atoms with van der Waals surface area (Å²) in [5.41, 5.74) is 0. The highest BCUT2D eigenvalue weighted by Gasteiger charge is 2.25. The molecule has 2 N–H and O–H groups in total. The van der Waals surface area contributed by atoms with Gasteiger partial charge in [-0.25, -0.2) is 9.37 Å². The van der Waals surface area contributed by atoms with Crippen molar-refractivity contribution in [3.05, 3.63) is 42.6 Å². The van der Waals surface area contributed by atoms with Gasteiger partial charge in [0.15, 0.2) is 17.6 Å². The van der Waals surface area contributed by atoms with Gasteiger partial charge in [-0.3, -0.25) is 9.67 Å². The van der Waals surface area contributed by atoms with E-state index in [1.807, 2.05) is 21.8 Å². The zero-order chi connectivity index (χ0) is 19.1. The minimum absolute atomic E-state index is 0.214. The summed E-state index contributed by atoms with van der Waals surface area (Å²) >= 11 is 0. The lowest BCUT2D eigenvalue weighted by atomic mass is 10.2. The molecular weight excluding hydrogens is 345 g/mol. The number of pyridine rings is 1. The number of hydrogen-bond acceptors (Lipinski definition) is 4. The predicted octanol–water partition coefficient (Wildman–Crippen LogP) is 1.89. The van der Waals surface area contributed by atoms with Gasteiger partial charge in [-0.2, -0.15) is 5.10 Å². The molecular formula is C19H28FN7. The Kier molecular flexibility index (Phi) is 6.62. The van der Waals surface area contributed by atoms with Crippen LogP contribution in [0.2, 0.25) is 0 Å². The third kappa shape index (κ3) is 5.42. The second-order valence-corrected chi connectivity index (χ2v) is 6.94. The Morgan fingerprint density at radius 3 is 3.04 bits per heavy atom. The van der Waals surface area contributed by atoms with E-state index in [4.69, 9.17) is 4.99 Å². The van der Waals surface area contributed by atoms with E-state index in [0.29, 0.717) is 24.8 Å². The molecule has 0 saturated carbocycles. The minimum Gasteiger partial charge on any atom is -0.357 e. The van der Waals surface area contributed by atoms with Crippen LogP contribution in [0.25, 0.3) is 0 Å². The number of anilines is 1. The number of nitrogens with zero attached hydrogens (tertiary/aromatic N) is 5. The number of aromatic nitrogens is 3. The summed E-state index contributed by atoms with van der Waals surface area (Å²) in [7, 11) is 0. The van der Waals surface area contributed by atoms with Gasteiger partial charge in [0.2, 0.25) is 0 Å². The molecule has 2 atom stereocenters. The SMILES string of the molecule is CCNC(=NCC(C)Cn1cccn1)NC1CCN(c2ncccc2F)C1. The van der Waals surface area contributed by atoms with Gasteiger partial charge in [-0.1, -0.05) is 6.92 Å². The maximum atomic E-state index is 13.9. The Bertz CT molecular complexity index is 731. The molecule has 0 spiro atoms. The normalized spacial score (nSPS) is 18.6. The van der Waals surface area contributed by atoms with E-state index in [0.717, 1.165) is 32.0 Å². The van der Waals surface area contributed by atoms with Gasteiger partial charge in [0.1, 0.15) is 0 Å². The molecule has 2 aromatic rings. The molecule has 0 aliphatic carbocycles. The topological polar surface area (TPSA) is 70.4 Å². The van der Waals surface area contributed by atoms with Crippen molar-refractivity contribution in [1.82, 2.24) is 25.4 Å². The number of rotatable bonds is 7. The van der Waals surface area contributed by atoms with Crippen LogP contribution >= 0.6 is 0 Å². The lowest BCUT2D eigenvalue weighted by Crippen LogP contribution is -2.45. The highest BCUT2D eigenvalue weighted by Crippen LogP contribution is 2.20. The van der Waals surface area contributed by atoms with Gasteiger partial charge >= 0.3 is 0 Å². The summed E-state index contributed by atoms with van der Waals surface area (Å²) in [5.74, 6) is 1.34. The fraction of sp³-hybridized carbons (Fsp3) is 0.526. The van der Waals surface area contributed by atoms with E-state index in [-0.39, 0.29) is 11.9 Å². The molecule has 7 nitrogen and oxygen atoms in total. The molecule has 1 saturated heterocycles. The Hall–Kier alpha value is -2.64. The second kappa shape index (κ2) is 9.34. The van der Waals surface area contributed by atoms with Crippen LogP contribution in [0.15, 0.2) is 41.8 Å². The van der Waals surface area contributed by atoms with Crippen LogP contribution < -0.4 is 15.5 Å². The van der Waals surface area contributed by atoms with Crippen molar-refractivity contribution in [1.29, 1.82) is 0 Å². The summed E-state index contributed by atoms with van der Waals surface area (Å²) in [5, 5.41) is 11.0. The van der Waals surface area contributed by atoms with Gasteiger partial charge in [0.25, 0.3) is 0 Å². The monoisotopic (exact) mass is 373 g/mol. The van der Waals surface area contributed by atoms with Gasteiger partial charge in [0, 0.05) is 57.4 Å². The summed E-state index contributed by atoms with van der Waals surface area (Å²) < 4.78 is 15.9. The molecule has 0 radical (unpaired) electrons. The Labute approximate surface area is 159 Å². The zero-order valence-corrected chi connectivity index (χ0v) is 16.0. The lowest BCUT2D eigenvalue weighted by molar-refractivity contribution is 0.457. The van der Waals surface area contributed by atoms with Crippen LogP contribution in [-0.2, 0) is 6.54 Å². The fourth-order valence-corrected chi connectivity index (χ4v) is 3.23. The summed E-state index contributed by atoms with van der Waals surface area (Å²) in [6.07, 6.45) is 6.31. The van der Waals surface area contributed by atoms with E-state index in [1.165, 1.54) is 6.07 Å². The van der Waals surface area contributed by atoms with Crippen molar-refractivity contribution >= 4 is 11.8 Å². The molecule has 0 aromatic carbocycles. The summed E-state index contributed by atoms with van der Waals surface area (Å²) in [4.78, 5) is 10.9. The number of guanidine groups is 1. The first kappa shape index (κ1) is 19.1. The molecule has 1 fully saturated rings. The Morgan fingerprint density at radius 2 is 2.30 bits per heavy atom. The predicted molar refractivity (Wildman–Crippen MR) is 105 cm³/mol. The van der Waals surface area contributed by atoms with Crippen molar-refractivity contribution < 1.29 is 4.39 Å². The van der Waals surface area contributed by atoms with Gasteiger partial charge < -0.3 is 15.5 Å². The minimum atomic E-state index is -0.272. The van der Waals surface area contributed by atoms with E-state index in [2.05, 4.69) is 34.6 Å². The molecule has 2 aromatic heterocycles. The fourth-order valence-electron chi connectivity index (χ4n) is 3.23. The quantitative estimate of drug-likeness (QED) is 0.573. The largest absolute Gasteiger partial charge is 0.357 e. The highest BCUT2D eigenvalue weighted by atomic mass is 19.1. The van der Waals surface area contributed by atoms with E-state index in [9.17, 15) is 4.39 Å². The van der Waals surface area contributed by atoms with Crippen molar-refractivity contribution in [3.8, 4) is 0 Å². The maximum Gasteiger partial charge on any atom is 0.191 e. The van der Waals surface area contributed by atoms with Gasteiger partial charge in [-0.15, -0.1) is 0 Å². The van der Waals surface area contributed by atoms with Crippen LogP contribution in [0.3, 0.4) is 0 Å². The second-order valence-electron chi connectivity index (χ2n) is 6.94. The lowest BCUT2D eigenvalue weighted by Gasteiger charge is -2.20. The van der Waals surface area contributed by atoms with Crippen LogP contribution in [-0.4, -0.2) is 52.9 Å². The molecule has 1 aliphatic heterocycles. The van der Waals surface area contributed by atoms with Crippen molar-refractivity contribution in [3.63, 3.8) is 0 Å². The van der Waals surface area contributed by atoms with Crippen molar-refractivity contribution in [2.75, 3.05) is 31.1 Å². The molecule has 3 heterocycles. The van der Waals surface area contributed by atoms with Crippen LogP contribution in [0.4, 0.5) is 10.2 Å². The summed E-state index contributed by atoms with van der Waals surface area (Å²) in [6, 6.07) is 5.21. The molecule has 3 rings (SSSR count). The molecule has 2 unspecified atom stereocenters. The van der Waals surface area contributed by atoms with E-state index in [1.54, 1.807) is 18.5 Å². The maximum absolute atomic E-state index is 13.9. The smallest absolute Gasteiger partial charge is 0.191 e. The number of aliphatic imine (C=N–C) groups is 1. The van der Waals surface area contributed by atoms with Crippen molar-refractivity contribution in [2.45, 2.75) is 32.9 Å². The van der Waals surface area contributed by atoms with E-state index < -0.39 is 0 Å². The van der Waals surface area contributed by atoms with Gasteiger partial charge in [-0.05, 0) is 37.5 Å². The molecule has 27 heavy (non-hydrogen) atoms. The first-order valence-electron chi connectivity index (χ1n) is 9.53. The first-order chi connectivity index (χ1) is 13.2. The van der Waals surface area contributed by atoms with Gasteiger partial charge in [0.05, 0.1) is 0 Å². The summed E-state index contributed by atoms with van der Waals surface area (Å²) in [6.45, 7) is 8.05. The van der Waals surface area contributed by atoms with Crippen LogP contribution in [0.1, 0.15) is 20.3 Å². The number of halogens is 1. The van der Waals surface area contributed by atoms with E-state index >= 15 is 0 Å². The molecule has 1 aliphatic rings. The average Bonchev–Trinajstić information content (AvgIpc) is 3.32. The standard InChI is InChI=1S/C19H28FN7/c1-3-21-19(23-12-15(2)13-27-10-5-9-24-27)25-16-7-11-26(14-16)18-17(20)6-4-8-22-18/h4-6,8-10,15-16H,3,7,11-14H2,1-2H3,(H2,21,23,25). The average molecular weight is 373 g/mol. The molecule has 8 heteroatoms. The van der Waals surface area contributed by atoms with Crippen LogP contribution in [0, 0.1) is 11.7 Å². The third-order valence-corrected chi connectivity index (χ3v) is 4.53. The Balaban J connectivity index is 1.54. The number of nitrogens with one attached hydrogen (secondary N) is 2. The van der Waals surface area contributed by atoms with Crippen molar-refractivity contribution in [2.24, 2.45) is 10.9 Å². The number of hydrogen-bond donors (Lipinski definition) is 2. The Morgan fingerprint density at radius 1 is 1.41 bits per heavy atom. The molecule has 0 bridgehead atoms. The first-order valence-corrected chi connectivity index (χ1v) is 9.53. The zero-order valence-electron chi connectivity index (χ0n) is 16.0. The third-order valence-electron chi connectivity index (χ3n) is 4.53. The molecule has 0 amide bonds.